The van der Waals surface area contributed by atoms with Gasteiger partial charge in [-0.2, -0.15) is 0 Å². The summed E-state index contributed by atoms with van der Waals surface area (Å²) in [6, 6.07) is 7.75. The molecular formula is C14H20N2O. The fraction of sp³-hybridized carbons (Fsp3) is 0.500. The van der Waals surface area contributed by atoms with E-state index in [4.69, 9.17) is 0 Å². The van der Waals surface area contributed by atoms with E-state index >= 15 is 0 Å². The predicted molar refractivity (Wildman–Crippen MR) is 68.9 cm³/mol. The Morgan fingerprint density at radius 3 is 2.47 bits per heavy atom. The molecule has 3 nitrogen and oxygen atoms in total. The summed E-state index contributed by atoms with van der Waals surface area (Å²) >= 11 is 0. The van der Waals surface area contributed by atoms with E-state index in [1.54, 1.807) is 7.05 Å². The molecule has 1 aromatic rings. The number of amides is 1. The van der Waals surface area contributed by atoms with Crippen molar-refractivity contribution >= 4 is 5.91 Å². The summed E-state index contributed by atoms with van der Waals surface area (Å²) in [7, 11) is 1.65. The van der Waals surface area contributed by atoms with Gasteiger partial charge in [0.05, 0.1) is 0 Å². The molecule has 0 radical (unpaired) electrons. The van der Waals surface area contributed by atoms with Crippen LogP contribution in [-0.4, -0.2) is 19.5 Å². The fourth-order valence-electron chi connectivity index (χ4n) is 1.82. The van der Waals surface area contributed by atoms with Crippen molar-refractivity contribution in [1.29, 1.82) is 0 Å². The summed E-state index contributed by atoms with van der Waals surface area (Å²) in [5.74, 6) is -0.0324. The highest BCUT2D eigenvalue weighted by molar-refractivity contribution is 5.93. The SMILES string of the molecule is CNC(=O)c1ccc(CNCC2(C)CC2)cc1. The maximum atomic E-state index is 11.4. The van der Waals surface area contributed by atoms with Crippen LogP contribution in [-0.2, 0) is 6.54 Å². The van der Waals surface area contributed by atoms with E-state index in [-0.39, 0.29) is 5.91 Å². The highest BCUT2D eigenvalue weighted by atomic mass is 16.1. The summed E-state index contributed by atoms with van der Waals surface area (Å²) in [4.78, 5) is 11.4. The number of nitrogens with one attached hydrogen (secondary N) is 2. The second-order valence-corrected chi connectivity index (χ2v) is 5.19. The van der Waals surface area contributed by atoms with Crippen LogP contribution >= 0.6 is 0 Å². The average molecular weight is 232 g/mol. The van der Waals surface area contributed by atoms with Gasteiger partial charge in [0.25, 0.3) is 5.91 Å². The van der Waals surface area contributed by atoms with Crippen molar-refractivity contribution in [2.45, 2.75) is 26.3 Å². The topological polar surface area (TPSA) is 41.1 Å². The van der Waals surface area contributed by atoms with Crippen LogP contribution in [0.25, 0.3) is 0 Å². The molecule has 2 rings (SSSR count). The second kappa shape index (κ2) is 4.88. The van der Waals surface area contributed by atoms with Crippen molar-refractivity contribution in [3.05, 3.63) is 35.4 Å². The highest BCUT2D eigenvalue weighted by Gasteiger charge is 2.36. The summed E-state index contributed by atoms with van der Waals surface area (Å²) in [5.41, 5.74) is 2.48. The fourth-order valence-corrected chi connectivity index (χ4v) is 1.82. The maximum absolute atomic E-state index is 11.4. The van der Waals surface area contributed by atoms with E-state index in [1.807, 2.05) is 24.3 Å². The minimum atomic E-state index is -0.0324. The van der Waals surface area contributed by atoms with Crippen molar-refractivity contribution in [2.24, 2.45) is 5.41 Å². The van der Waals surface area contributed by atoms with Crippen LogP contribution in [0.1, 0.15) is 35.7 Å². The zero-order valence-electron chi connectivity index (χ0n) is 10.5. The van der Waals surface area contributed by atoms with Gasteiger partial charge in [-0.3, -0.25) is 4.79 Å². The third kappa shape index (κ3) is 3.30. The summed E-state index contributed by atoms with van der Waals surface area (Å²) in [6.07, 6.45) is 2.69. The molecule has 17 heavy (non-hydrogen) atoms. The third-order valence-electron chi connectivity index (χ3n) is 3.43. The number of benzene rings is 1. The van der Waals surface area contributed by atoms with E-state index in [2.05, 4.69) is 17.6 Å². The molecule has 2 N–H and O–H groups in total. The molecule has 0 aliphatic heterocycles. The van der Waals surface area contributed by atoms with Gasteiger partial charge in [-0.25, -0.2) is 0 Å². The van der Waals surface area contributed by atoms with E-state index < -0.39 is 0 Å². The Balaban J connectivity index is 1.83. The van der Waals surface area contributed by atoms with Gasteiger partial charge < -0.3 is 10.6 Å². The van der Waals surface area contributed by atoms with Crippen molar-refractivity contribution < 1.29 is 4.79 Å². The van der Waals surface area contributed by atoms with Gasteiger partial charge in [-0.05, 0) is 36.0 Å². The zero-order valence-corrected chi connectivity index (χ0v) is 10.5. The molecule has 0 heterocycles. The Morgan fingerprint density at radius 2 is 1.94 bits per heavy atom. The summed E-state index contributed by atoms with van der Waals surface area (Å²) in [6.45, 7) is 4.28. The van der Waals surface area contributed by atoms with Gasteiger partial charge >= 0.3 is 0 Å². The molecular weight excluding hydrogens is 212 g/mol. The van der Waals surface area contributed by atoms with Crippen LogP contribution in [0, 0.1) is 5.41 Å². The Morgan fingerprint density at radius 1 is 1.29 bits per heavy atom. The molecule has 0 atom stereocenters. The standard InChI is InChI=1S/C14H20N2O/c1-14(7-8-14)10-16-9-11-3-5-12(6-4-11)13(17)15-2/h3-6,16H,7-10H2,1-2H3,(H,15,17). The average Bonchev–Trinajstić information content (AvgIpc) is 3.07. The molecule has 0 spiro atoms. The number of carbonyl (C=O) groups excluding carboxylic acids is 1. The molecule has 0 saturated heterocycles. The Kier molecular flexibility index (Phi) is 3.48. The smallest absolute Gasteiger partial charge is 0.251 e. The van der Waals surface area contributed by atoms with E-state index in [0.717, 1.165) is 13.1 Å². The molecule has 1 amide bonds. The number of carbonyl (C=O) groups is 1. The first-order valence-electron chi connectivity index (χ1n) is 6.15. The lowest BCUT2D eigenvalue weighted by molar-refractivity contribution is 0.0963. The monoisotopic (exact) mass is 232 g/mol. The van der Waals surface area contributed by atoms with Crippen molar-refractivity contribution in [3.63, 3.8) is 0 Å². The van der Waals surface area contributed by atoms with Gasteiger partial charge in [-0.15, -0.1) is 0 Å². The van der Waals surface area contributed by atoms with Crippen molar-refractivity contribution in [3.8, 4) is 0 Å². The van der Waals surface area contributed by atoms with Crippen LogP contribution in [0.3, 0.4) is 0 Å². The number of hydrogen-bond acceptors (Lipinski definition) is 2. The largest absolute Gasteiger partial charge is 0.355 e. The lowest BCUT2D eigenvalue weighted by Crippen LogP contribution is -2.21. The molecule has 92 valence electrons. The van der Waals surface area contributed by atoms with Gasteiger partial charge in [0.2, 0.25) is 0 Å². The molecule has 1 saturated carbocycles. The molecule has 3 heteroatoms. The molecule has 1 fully saturated rings. The molecule has 0 unspecified atom stereocenters. The van der Waals surface area contributed by atoms with Crippen LogP contribution in [0.2, 0.25) is 0 Å². The zero-order chi connectivity index (χ0) is 12.3. The van der Waals surface area contributed by atoms with Gasteiger partial charge in [0.1, 0.15) is 0 Å². The molecule has 1 aliphatic carbocycles. The first kappa shape index (κ1) is 12.1. The molecule has 1 aliphatic rings. The first-order valence-corrected chi connectivity index (χ1v) is 6.15. The van der Waals surface area contributed by atoms with Gasteiger partial charge in [0.15, 0.2) is 0 Å². The summed E-state index contributed by atoms with van der Waals surface area (Å²) < 4.78 is 0. The van der Waals surface area contributed by atoms with Crippen LogP contribution in [0.5, 0.6) is 0 Å². The first-order chi connectivity index (χ1) is 8.13. The van der Waals surface area contributed by atoms with Gasteiger partial charge in [0, 0.05) is 25.7 Å². The third-order valence-corrected chi connectivity index (χ3v) is 3.43. The molecule has 0 aromatic heterocycles. The van der Waals surface area contributed by atoms with E-state index in [9.17, 15) is 4.79 Å². The maximum Gasteiger partial charge on any atom is 0.251 e. The minimum absolute atomic E-state index is 0.0324. The number of hydrogen-bond donors (Lipinski definition) is 2. The Hall–Kier alpha value is -1.35. The van der Waals surface area contributed by atoms with Crippen molar-refractivity contribution in [1.82, 2.24) is 10.6 Å². The second-order valence-electron chi connectivity index (χ2n) is 5.19. The Bertz CT molecular complexity index is 393. The predicted octanol–water partition coefficient (Wildman–Crippen LogP) is 1.94. The van der Waals surface area contributed by atoms with E-state index in [0.29, 0.717) is 11.0 Å². The minimum Gasteiger partial charge on any atom is -0.355 e. The quantitative estimate of drug-likeness (QED) is 0.814. The van der Waals surface area contributed by atoms with E-state index in [1.165, 1.54) is 18.4 Å². The normalized spacial score (nSPS) is 16.6. The lowest BCUT2D eigenvalue weighted by atomic mass is 10.1. The van der Waals surface area contributed by atoms with Crippen LogP contribution in [0.15, 0.2) is 24.3 Å². The number of rotatable bonds is 5. The lowest BCUT2D eigenvalue weighted by Gasteiger charge is -2.10. The van der Waals surface area contributed by atoms with Crippen LogP contribution < -0.4 is 10.6 Å². The molecule has 0 bridgehead atoms. The summed E-state index contributed by atoms with van der Waals surface area (Å²) in [5, 5.41) is 6.08. The molecule has 1 aromatic carbocycles. The van der Waals surface area contributed by atoms with Gasteiger partial charge in [-0.1, -0.05) is 19.1 Å². The van der Waals surface area contributed by atoms with Crippen LogP contribution in [0.4, 0.5) is 0 Å². The highest BCUT2D eigenvalue weighted by Crippen LogP contribution is 2.44. The van der Waals surface area contributed by atoms with Crippen molar-refractivity contribution in [2.75, 3.05) is 13.6 Å². The Labute approximate surface area is 103 Å².